The molecule has 1 N–H and O–H groups in total. The van der Waals surface area contributed by atoms with E-state index in [1.807, 2.05) is 51.1 Å². The molecule has 1 aromatic carbocycles. The summed E-state index contributed by atoms with van der Waals surface area (Å²) >= 11 is 0. The minimum absolute atomic E-state index is 0.361. The van der Waals surface area contributed by atoms with Crippen LogP contribution in [0.25, 0.3) is 16.9 Å². The lowest BCUT2D eigenvalue weighted by molar-refractivity contribution is 0.862. The zero-order valence-corrected chi connectivity index (χ0v) is 12.1. The van der Waals surface area contributed by atoms with Gasteiger partial charge in [0, 0.05) is 5.71 Å². The van der Waals surface area contributed by atoms with Crippen LogP contribution >= 0.6 is 0 Å². The molecule has 0 aliphatic carbocycles. The molecule has 21 heavy (non-hydrogen) atoms. The average molecular weight is 281 g/mol. The van der Waals surface area contributed by atoms with Crippen molar-refractivity contribution in [3.05, 3.63) is 36.0 Å². The number of para-hydroxylation sites is 1. The Balaban J connectivity index is 2.08. The number of rotatable bonds is 3. The molecule has 2 heterocycles. The van der Waals surface area contributed by atoms with Gasteiger partial charge in [-0.25, -0.2) is 15.1 Å². The number of hydrazone groups is 1. The SMILES string of the molecule is CC(C)=NNc1nnc2c(n1)c(C)nn2-c1ccccc1. The number of hydrogen-bond donors (Lipinski definition) is 1. The lowest BCUT2D eigenvalue weighted by atomic mass is 10.3. The predicted octanol–water partition coefficient (Wildman–Crippen LogP) is 2.33. The highest BCUT2D eigenvalue weighted by molar-refractivity contribution is 5.80. The largest absolute Gasteiger partial charge is 0.263 e. The van der Waals surface area contributed by atoms with E-state index >= 15 is 0 Å². The van der Waals surface area contributed by atoms with Gasteiger partial charge in [-0.3, -0.25) is 0 Å². The fourth-order valence-corrected chi connectivity index (χ4v) is 1.91. The van der Waals surface area contributed by atoms with Crippen molar-refractivity contribution < 1.29 is 0 Å². The van der Waals surface area contributed by atoms with E-state index in [0.29, 0.717) is 17.1 Å². The van der Waals surface area contributed by atoms with E-state index in [9.17, 15) is 0 Å². The van der Waals surface area contributed by atoms with Crippen molar-refractivity contribution in [2.75, 3.05) is 5.43 Å². The molecule has 106 valence electrons. The van der Waals surface area contributed by atoms with Crippen molar-refractivity contribution in [3.8, 4) is 5.69 Å². The summed E-state index contributed by atoms with van der Waals surface area (Å²) in [5.41, 5.74) is 6.72. The van der Waals surface area contributed by atoms with Crippen LogP contribution in [-0.2, 0) is 0 Å². The van der Waals surface area contributed by atoms with Crippen LogP contribution in [0.4, 0.5) is 5.95 Å². The number of aryl methyl sites for hydroxylation is 1. The molecule has 0 fully saturated rings. The molecule has 7 heteroatoms. The third-order valence-corrected chi connectivity index (χ3v) is 2.84. The smallest absolute Gasteiger partial charge is 0.244 e. The van der Waals surface area contributed by atoms with Crippen LogP contribution in [0.15, 0.2) is 35.4 Å². The topological polar surface area (TPSA) is 80.9 Å². The molecular weight excluding hydrogens is 266 g/mol. The number of fused-ring (bicyclic) bond motifs is 1. The number of anilines is 1. The first kappa shape index (κ1) is 13.2. The number of aromatic nitrogens is 5. The fraction of sp³-hybridized carbons (Fsp3) is 0.214. The first-order valence-corrected chi connectivity index (χ1v) is 6.57. The maximum atomic E-state index is 4.48. The Hall–Kier alpha value is -2.83. The van der Waals surface area contributed by atoms with Gasteiger partial charge in [0.1, 0.15) is 5.52 Å². The predicted molar refractivity (Wildman–Crippen MR) is 81.6 cm³/mol. The Labute approximate surface area is 121 Å². The molecule has 2 aromatic heterocycles. The monoisotopic (exact) mass is 281 g/mol. The van der Waals surface area contributed by atoms with E-state index in [0.717, 1.165) is 17.1 Å². The first-order chi connectivity index (χ1) is 10.1. The van der Waals surface area contributed by atoms with Gasteiger partial charge in [0.25, 0.3) is 5.95 Å². The van der Waals surface area contributed by atoms with Gasteiger partial charge in [-0.05, 0) is 32.9 Å². The molecule has 0 bridgehead atoms. The number of nitrogens with zero attached hydrogens (tertiary/aromatic N) is 6. The van der Waals surface area contributed by atoms with Crippen molar-refractivity contribution in [1.29, 1.82) is 0 Å². The van der Waals surface area contributed by atoms with Crippen LogP contribution in [0.1, 0.15) is 19.5 Å². The van der Waals surface area contributed by atoms with Crippen molar-refractivity contribution in [2.45, 2.75) is 20.8 Å². The summed E-state index contributed by atoms with van der Waals surface area (Å²) in [4.78, 5) is 4.42. The number of benzene rings is 1. The van der Waals surface area contributed by atoms with Crippen LogP contribution in [0.5, 0.6) is 0 Å². The molecule has 0 saturated heterocycles. The van der Waals surface area contributed by atoms with Crippen LogP contribution < -0.4 is 5.43 Å². The molecule has 7 nitrogen and oxygen atoms in total. The molecule has 0 aliphatic rings. The molecular formula is C14H15N7. The molecule has 3 rings (SSSR count). The average Bonchev–Trinajstić information content (AvgIpc) is 2.83. The summed E-state index contributed by atoms with van der Waals surface area (Å²) < 4.78 is 1.74. The molecule has 3 aromatic rings. The van der Waals surface area contributed by atoms with E-state index in [1.54, 1.807) is 4.68 Å². The number of hydrogen-bond acceptors (Lipinski definition) is 6. The molecule has 0 amide bonds. The second kappa shape index (κ2) is 5.28. The summed E-state index contributed by atoms with van der Waals surface area (Å²) in [6.45, 7) is 5.67. The van der Waals surface area contributed by atoms with Crippen molar-refractivity contribution >= 4 is 22.8 Å². The summed E-state index contributed by atoms with van der Waals surface area (Å²) in [5, 5.41) is 16.8. The Morgan fingerprint density at radius 3 is 2.62 bits per heavy atom. The van der Waals surface area contributed by atoms with Crippen molar-refractivity contribution in [1.82, 2.24) is 25.0 Å². The third kappa shape index (κ3) is 2.58. The summed E-state index contributed by atoms with van der Waals surface area (Å²) in [5.74, 6) is 0.361. The van der Waals surface area contributed by atoms with Gasteiger partial charge in [-0.2, -0.15) is 10.2 Å². The zero-order chi connectivity index (χ0) is 14.8. The van der Waals surface area contributed by atoms with Crippen molar-refractivity contribution in [2.24, 2.45) is 5.10 Å². The van der Waals surface area contributed by atoms with Gasteiger partial charge in [0.05, 0.1) is 11.4 Å². The van der Waals surface area contributed by atoms with Gasteiger partial charge < -0.3 is 0 Å². The normalized spacial score (nSPS) is 10.6. The van der Waals surface area contributed by atoms with Crippen LogP contribution in [-0.4, -0.2) is 30.7 Å². The quantitative estimate of drug-likeness (QED) is 0.588. The van der Waals surface area contributed by atoms with Crippen LogP contribution in [0.3, 0.4) is 0 Å². The second-order valence-electron chi connectivity index (χ2n) is 4.81. The Kier molecular flexibility index (Phi) is 3.31. The second-order valence-corrected chi connectivity index (χ2v) is 4.81. The molecule has 0 unspecified atom stereocenters. The Bertz CT molecular complexity index is 801. The van der Waals surface area contributed by atoms with E-state index in [2.05, 4.69) is 30.8 Å². The van der Waals surface area contributed by atoms with Gasteiger partial charge in [0.2, 0.25) is 5.65 Å². The molecule has 0 atom stereocenters. The summed E-state index contributed by atoms with van der Waals surface area (Å²) in [6.07, 6.45) is 0. The van der Waals surface area contributed by atoms with Crippen LogP contribution in [0.2, 0.25) is 0 Å². The lowest BCUT2D eigenvalue weighted by Crippen LogP contribution is -2.02. The summed E-state index contributed by atoms with van der Waals surface area (Å²) in [6, 6.07) is 9.79. The van der Waals surface area contributed by atoms with E-state index in [1.165, 1.54) is 0 Å². The minimum atomic E-state index is 0.361. The fourth-order valence-electron chi connectivity index (χ4n) is 1.91. The van der Waals surface area contributed by atoms with Crippen LogP contribution in [0, 0.1) is 6.92 Å². The highest BCUT2D eigenvalue weighted by Crippen LogP contribution is 2.18. The lowest BCUT2D eigenvalue weighted by Gasteiger charge is -2.02. The molecule has 0 saturated carbocycles. The third-order valence-electron chi connectivity index (χ3n) is 2.84. The maximum absolute atomic E-state index is 4.48. The molecule has 0 spiro atoms. The van der Waals surface area contributed by atoms with E-state index < -0.39 is 0 Å². The standard InChI is InChI=1S/C14H15N7/c1-9(2)16-18-14-15-12-10(3)20-21(13(12)17-19-14)11-7-5-4-6-8-11/h4-8H,1-3H3,(H,15,18,19). The van der Waals surface area contributed by atoms with Gasteiger partial charge in [0.15, 0.2) is 0 Å². The minimum Gasteiger partial charge on any atom is -0.244 e. The molecule has 0 aliphatic heterocycles. The van der Waals surface area contributed by atoms with Crippen molar-refractivity contribution in [3.63, 3.8) is 0 Å². The maximum Gasteiger partial charge on any atom is 0.263 e. The van der Waals surface area contributed by atoms with E-state index in [-0.39, 0.29) is 0 Å². The number of nitrogens with one attached hydrogen (secondary N) is 1. The Morgan fingerprint density at radius 2 is 1.90 bits per heavy atom. The van der Waals surface area contributed by atoms with Gasteiger partial charge in [-0.1, -0.05) is 18.2 Å². The highest BCUT2D eigenvalue weighted by Gasteiger charge is 2.13. The van der Waals surface area contributed by atoms with E-state index in [4.69, 9.17) is 0 Å². The first-order valence-electron chi connectivity index (χ1n) is 6.57. The Morgan fingerprint density at radius 1 is 1.14 bits per heavy atom. The highest BCUT2D eigenvalue weighted by atomic mass is 15.4. The van der Waals surface area contributed by atoms with Gasteiger partial charge >= 0.3 is 0 Å². The van der Waals surface area contributed by atoms with Gasteiger partial charge in [-0.15, -0.1) is 10.2 Å². The zero-order valence-electron chi connectivity index (χ0n) is 12.1. The molecule has 0 radical (unpaired) electrons. The summed E-state index contributed by atoms with van der Waals surface area (Å²) in [7, 11) is 0.